The minimum Gasteiger partial charge on any atom is -0.504 e. The second-order valence-electron chi connectivity index (χ2n) is 6.72. The summed E-state index contributed by atoms with van der Waals surface area (Å²) < 4.78 is 7.04. The van der Waals surface area contributed by atoms with E-state index in [9.17, 15) is 19.8 Å². The lowest BCUT2D eigenvalue weighted by molar-refractivity contribution is -0.147. The highest BCUT2D eigenvalue weighted by atomic mass is 16.5. The maximum absolute atomic E-state index is 12.4. The minimum absolute atomic E-state index is 0.131. The summed E-state index contributed by atoms with van der Waals surface area (Å²) in [6, 6.07) is 13.4. The molecule has 7 nitrogen and oxygen atoms in total. The number of ether oxygens (including phenoxy) is 1. The number of amides is 1. The third-order valence-corrected chi connectivity index (χ3v) is 4.65. The molecule has 3 aromatic rings. The first kappa shape index (κ1) is 20.3. The molecule has 3 rings (SSSR count). The molecule has 0 saturated carbocycles. The quantitative estimate of drug-likeness (QED) is 0.402. The van der Waals surface area contributed by atoms with Gasteiger partial charge in [0.2, 0.25) is 5.91 Å². The Morgan fingerprint density at radius 2 is 1.90 bits per heavy atom. The van der Waals surface area contributed by atoms with Crippen LogP contribution in [-0.2, 0) is 27.3 Å². The van der Waals surface area contributed by atoms with E-state index in [-0.39, 0.29) is 37.0 Å². The molecule has 29 heavy (non-hydrogen) atoms. The Bertz CT molecular complexity index is 1010. The number of esters is 1. The Morgan fingerprint density at radius 3 is 2.66 bits per heavy atom. The molecule has 0 aliphatic rings. The molecule has 0 aliphatic heterocycles. The lowest BCUT2D eigenvalue weighted by Gasteiger charge is -2.19. The Hall–Kier alpha value is -3.48. The minimum atomic E-state index is -0.813. The highest BCUT2D eigenvalue weighted by Gasteiger charge is 2.23. The maximum atomic E-state index is 12.4. The van der Waals surface area contributed by atoms with Crippen LogP contribution in [0.3, 0.4) is 0 Å². The molecule has 0 aliphatic carbocycles. The molecule has 1 heterocycles. The molecule has 0 bridgehead atoms. The Balaban J connectivity index is 1.67. The van der Waals surface area contributed by atoms with Gasteiger partial charge in [0.05, 0.1) is 13.2 Å². The van der Waals surface area contributed by atoms with Crippen LogP contribution in [0.25, 0.3) is 10.9 Å². The topological polar surface area (TPSA) is 101 Å². The van der Waals surface area contributed by atoms with E-state index >= 15 is 0 Å². The molecule has 7 heteroatoms. The fourth-order valence-electron chi connectivity index (χ4n) is 3.17. The molecule has 1 unspecified atom stereocenters. The first-order valence-corrected chi connectivity index (χ1v) is 9.48. The number of benzene rings is 2. The van der Waals surface area contributed by atoms with Crippen molar-refractivity contribution in [3.8, 4) is 11.5 Å². The standard InChI is InChI=1S/C22H24N2O5/c1-2-29-22(28)17(14-24-12-11-16-5-3-4-6-18(16)24)23-21(27)10-8-15-7-9-19(25)20(26)13-15/h3-7,9,11-13,17,25-26H,2,8,10,14H2,1H3,(H,23,27). The summed E-state index contributed by atoms with van der Waals surface area (Å²) in [5, 5.41) is 22.7. The van der Waals surface area contributed by atoms with Gasteiger partial charge in [0, 0.05) is 18.1 Å². The number of aromatic hydroxyl groups is 2. The number of hydrogen-bond acceptors (Lipinski definition) is 5. The van der Waals surface area contributed by atoms with Crippen molar-refractivity contribution in [2.75, 3.05) is 6.61 Å². The Labute approximate surface area is 168 Å². The number of fused-ring (bicyclic) bond motifs is 1. The average Bonchev–Trinajstić information content (AvgIpc) is 3.11. The fraction of sp³-hybridized carbons (Fsp3) is 0.273. The van der Waals surface area contributed by atoms with Gasteiger partial charge in [-0.05, 0) is 48.6 Å². The van der Waals surface area contributed by atoms with Crippen LogP contribution in [0.1, 0.15) is 18.9 Å². The molecule has 0 saturated heterocycles. The van der Waals surface area contributed by atoms with Crippen LogP contribution in [0.15, 0.2) is 54.7 Å². The van der Waals surface area contributed by atoms with E-state index in [1.54, 1.807) is 13.0 Å². The molecule has 3 N–H and O–H groups in total. The summed E-state index contributed by atoms with van der Waals surface area (Å²) in [7, 11) is 0. The van der Waals surface area contributed by atoms with Crippen molar-refractivity contribution in [2.24, 2.45) is 0 Å². The summed E-state index contributed by atoms with van der Waals surface area (Å²) in [5.74, 6) is -1.22. The van der Waals surface area contributed by atoms with Crippen molar-refractivity contribution in [3.63, 3.8) is 0 Å². The van der Waals surface area contributed by atoms with Gasteiger partial charge in [-0.1, -0.05) is 24.3 Å². The van der Waals surface area contributed by atoms with E-state index in [4.69, 9.17) is 4.74 Å². The van der Waals surface area contributed by atoms with Crippen molar-refractivity contribution in [1.82, 2.24) is 9.88 Å². The smallest absolute Gasteiger partial charge is 0.330 e. The third kappa shape index (κ3) is 5.07. The predicted molar refractivity (Wildman–Crippen MR) is 109 cm³/mol. The van der Waals surface area contributed by atoms with E-state index < -0.39 is 12.0 Å². The first-order valence-electron chi connectivity index (χ1n) is 9.48. The lowest BCUT2D eigenvalue weighted by atomic mass is 10.1. The summed E-state index contributed by atoms with van der Waals surface area (Å²) >= 11 is 0. The van der Waals surface area contributed by atoms with Crippen LogP contribution in [-0.4, -0.2) is 39.3 Å². The highest BCUT2D eigenvalue weighted by molar-refractivity contribution is 5.85. The van der Waals surface area contributed by atoms with Crippen molar-refractivity contribution >= 4 is 22.8 Å². The Kier molecular flexibility index (Phi) is 6.39. The van der Waals surface area contributed by atoms with Gasteiger partial charge in [0.15, 0.2) is 11.5 Å². The van der Waals surface area contributed by atoms with Gasteiger partial charge in [-0.3, -0.25) is 4.79 Å². The third-order valence-electron chi connectivity index (χ3n) is 4.65. The first-order chi connectivity index (χ1) is 14.0. The molecular formula is C22H24N2O5. The van der Waals surface area contributed by atoms with Crippen LogP contribution in [0.2, 0.25) is 0 Å². The van der Waals surface area contributed by atoms with Gasteiger partial charge in [-0.15, -0.1) is 0 Å². The number of nitrogens with one attached hydrogen (secondary N) is 1. The van der Waals surface area contributed by atoms with Gasteiger partial charge in [0.1, 0.15) is 6.04 Å². The van der Waals surface area contributed by atoms with Gasteiger partial charge in [-0.2, -0.15) is 0 Å². The number of para-hydroxylation sites is 1. The number of nitrogens with zero attached hydrogens (tertiary/aromatic N) is 1. The van der Waals surface area contributed by atoms with Gasteiger partial charge in [-0.25, -0.2) is 4.79 Å². The normalized spacial score (nSPS) is 11.9. The van der Waals surface area contributed by atoms with Crippen molar-refractivity contribution in [3.05, 3.63) is 60.3 Å². The number of aromatic nitrogens is 1. The summed E-state index contributed by atoms with van der Waals surface area (Å²) in [4.78, 5) is 24.8. The molecule has 152 valence electrons. The van der Waals surface area contributed by atoms with Crippen LogP contribution in [0.5, 0.6) is 11.5 Å². The number of carbonyl (C=O) groups is 2. The van der Waals surface area contributed by atoms with E-state index in [1.165, 1.54) is 12.1 Å². The number of hydrogen-bond donors (Lipinski definition) is 3. The number of phenolic OH excluding ortho intramolecular Hbond substituents is 2. The largest absolute Gasteiger partial charge is 0.504 e. The Morgan fingerprint density at radius 1 is 1.10 bits per heavy atom. The van der Waals surface area contributed by atoms with Crippen LogP contribution in [0, 0.1) is 0 Å². The molecule has 0 spiro atoms. The van der Waals surface area contributed by atoms with Gasteiger partial charge in [0.25, 0.3) is 0 Å². The van der Waals surface area contributed by atoms with Crippen molar-refractivity contribution < 1.29 is 24.5 Å². The molecule has 2 aromatic carbocycles. The summed E-state index contributed by atoms with van der Waals surface area (Å²) in [6.45, 7) is 2.21. The fourth-order valence-corrected chi connectivity index (χ4v) is 3.17. The van der Waals surface area contributed by atoms with E-state index in [2.05, 4.69) is 5.32 Å². The monoisotopic (exact) mass is 396 g/mol. The van der Waals surface area contributed by atoms with Gasteiger partial charge < -0.3 is 24.8 Å². The number of aryl methyl sites for hydroxylation is 1. The maximum Gasteiger partial charge on any atom is 0.330 e. The van der Waals surface area contributed by atoms with Crippen LogP contribution >= 0.6 is 0 Å². The van der Waals surface area contributed by atoms with Crippen molar-refractivity contribution in [1.29, 1.82) is 0 Å². The van der Waals surface area contributed by atoms with Crippen molar-refractivity contribution in [2.45, 2.75) is 32.4 Å². The predicted octanol–water partition coefficient (Wildman–Crippen LogP) is 2.73. The molecular weight excluding hydrogens is 372 g/mol. The average molecular weight is 396 g/mol. The second-order valence-corrected chi connectivity index (χ2v) is 6.72. The zero-order valence-corrected chi connectivity index (χ0v) is 16.2. The number of phenols is 2. The zero-order chi connectivity index (χ0) is 20.8. The SMILES string of the molecule is CCOC(=O)C(Cn1ccc2ccccc21)NC(=O)CCc1ccc(O)c(O)c1. The number of carbonyl (C=O) groups excluding carboxylic acids is 2. The zero-order valence-electron chi connectivity index (χ0n) is 16.2. The molecule has 1 aromatic heterocycles. The van der Waals surface area contributed by atoms with E-state index in [0.29, 0.717) is 12.0 Å². The lowest BCUT2D eigenvalue weighted by Crippen LogP contribution is -2.44. The highest BCUT2D eigenvalue weighted by Crippen LogP contribution is 2.25. The van der Waals surface area contributed by atoms with E-state index in [0.717, 1.165) is 10.9 Å². The van der Waals surface area contributed by atoms with Crippen LogP contribution in [0.4, 0.5) is 0 Å². The van der Waals surface area contributed by atoms with E-state index in [1.807, 2.05) is 41.1 Å². The molecule has 0 fully saturated rings. The second kappa shape index (κ2) is 9.14. The summed E-state index contributed by atoms with van der Waals surface area (Å²) in [5.41, 5.74) is 1.68. The molecule has 1 amide bonds. The van der Waals surface area contributed by atoms with Crippen LogP contribution < -0.4 is 5.32 Å². The number of rotatable bonds is 8. The van der Waals surface area contributed by atoms with Gasteiger partial charge >= 0.3 is 5.97 Å². The molecule has 0 radical (unpaired) electrons. The molecule has 1 atom stereocenters. The summed E-state index contributed by atoms with van der Waals surface area (Å²) in [6.07, 6.45) is 2.37.